The zero-order chi connectivity index (χ0) is 4.12. The van der Waals surface area contributed by atoms with Crippen molar-refractivity contribution in [3.8, 4) is 0 Å². The summed E-state index contributed by atoms with van der Waals surface area (Å²) >= 11 is 0. The van der Waals surface area contributed by atoms with Gasteiger partial charge in [-0.1, -0.05) is 26.1 Å². The van der Waals surface area contributed by atoms with Crippen molar-refractivity contribution in [2.45, 2.75) is 26.1 Å². The summed E-state index contributed by atoms with van der Waals surface area (Å²) in [7, 11) is 5.14. The van der Waals surface area contributed by atoms with Gasteiger partial charge >= 0.3 is 0 Å². The largest absolute Gasteiger partial charge is 0.412 e. The number of rotatable bonds is 2. The molecule has 0 saturated heterocycles. The van der Waals surface area contributed by atoms with Crippen LogP contribution in [0.25, 0.3) is 0 Å². The Labute approximate surface area is 45.9 Å². The highest BCUT2D eigenvalue weighted by Crippen LogP contribution is 1.86. The first-order chi connectivity index (χ1) is 2.41. The minimum absolute atomic E-state index is 0. The standard InChI is InChI=1S/C4H9B.2H2O/c1-2-3-4-5;;/h2-4H2,1H3;2*1H2. The second-order valence-electron chi connectivity index (χ2n) is 1.14. The first kappa shape index (κ1) is 15.8. The second kappa shape index (κ2) is 16.7. The fraction of sp³-hybridized carbons (Fsp3) is 1.00. The van der Waals surface area contributed by atoms with Gasteiger partial charge in [-0.2, -0.15) is 0 Å². The van der Waals surface area contributed by atoms with E-state index in [2.05, 4.69) is 6.92 Å². The van der Waals surface area contributed by atoms with Crippen LogP contribution in [0.2, 0.25) is 6.32 Å². The van der Waals surface area contributed by atoms with Crippen molar-refractivity contribution in [3.05, 3.63) is 0 Å². The molecule has 0 aromatic carbocycles. The molecule has 0 atom stereocenters. The summed E-state index contributed by atoms with van der Waals surface area (Å²) in [5.74, 6) is 0. The van der Waals surface area contributed by atoms with Crippen LogP contribution in [-0.4, -0.2) is 18.8 Å². The Balaban J connectivity index is -0.0000000800. The molecule has 0 heterocycles. The van der Waals surface area contributed by atoms with Gasteiger partial charge in [-0.15, -0.1) is 0 Å². The molecule has 4 N–H and O–H groups in total. The van der Waals surface area contributed by atoms with Gasteiger partial charge in [0.25, 0.3) is 0 Å². The van der Waals surface area contributed by atoms with Crippen LogP contribution in [0.1, 0.15) is 19.8 Å². The molecule has 0 rings (SSSR count). The van der Waals surface area contributed by atoms with Gasteiger partial charge in [0.2, 0.25) is 0 Å². The Hall–Kier alpha value is -0.0151. The van der Waals surface area contributed by atoms with E-state index in [9.17, 15) is 0 Å². The molecule has 0 aliphatic rings. The van der Waals surface area contributed by atoms with Gasteiger partial charge in [0, 0.05) is 0 Å². The summed E-state index contributed by atoms with van der Waals surface area (Å²) in [6, 6.07) is 0. The molecular weight excluding hydrogens is 90.9 g/mol. The minimum Gasteiger partial charge on any atom is -0.412 e. The number of hydrogen-bond acceptors (Lipinski definition) is 0. The molecular formula is C4H13BO2. The molecule has 0 amide bonds. The van der Waals surface area contributed by atoms with Crippen molar-refractivity contribution >= 4 is 7.85 Å². The fourth-order valence-electron chi connectivity index (χ4n) is 0.204. The molecule has 2 nitrogen and oxygen atoms in total. The van der Waals surface area contributed by atoms with E-state index in [1.807, 2.05) is 0 Å². The predicted octanol–water partition coefficient (Wildman–Crippen LogP) is -0.276. The molecule has 3 heteroatoms. The lowest BCUT2D eigenvalue weighted by atomic mass is 10.0. The topological polar surface area (TPSA) is 63.0 Å². The second-order valence-corrected chi connectivity index (χ2v) is 1.14. The van der Waals surface area contributed by atoms with Crippen LogP contribution < -0.4 is 0 Å². The summed E-state index contributed by atoms with van der Waals surface area (Å²) < 4.78 is 0. The Morgan fingerprint density at radius 2 is 1.71 bits per heavy atom. The van der Waals surface area contributed by atoms with Crippen molar-refractivity contribution in [3.63, 3.8) is 0 Å². The van der Waals surface area contributed by atoms with Crippen LogP contribution in [0, 0.1) is 0 Å². The average molecular weight is 104 g/mol. The predicted molar refractivity (Wildman–Crippen MR) is 32.7 cm³/mol. The summed E-state index contributed by atoms with van der Waals surface area (Å²) in [5.41, 5.74) is 0. The molecule has 0 aliphatic carbocycles. The Bertz CT molecular complexity index is 17.2. The van der Waals surface area contributed by atoms with E-state index in [0.717, 1.165) is 6.32 Å². The number of unbranched alkanes of at least 4 members (excludes halogenated alkanes) is 1. The van der Waals surface area contributed by atoms with Gasteiger partial charge in [-0.05, 0) is 0 Å². The average Bonchev–Trinajstić information content (AvgIpc) is 1.41. The van der Waals surface area contributed by atoms with Gasteiger partial charge in [-0.25, -0.2) is 0 Å². The first-order valence-corrected chi connectivity index (χ1v) is 2.12. The highest BCUT2D eigenvalue weighted by molar-refractivity contribution is 6.08. The van der Waals surface area contributed by atoms with Crippen molar-refractivity contribution in [1.29, 1.82) is 0 Å². The van der Waals surface area contributed by atoms with Crippen LogP contribution >= 0.6 is 0 Å². The van der Waals surface area contributed by atoms with Crippen molar-refractivity contribution in [1.82, 2.24) is 0 Å². The number of hydrogen-bond donors (Lipinski definition) is 0. The van der Waals surface area contributed by atoms with E-state index in [0.29, 0.717) is 0 Å². The summed E-state index contributed by atoms with van der Waals surface area (Å²) in [6.45, 7) is 2.13. The van der Waals surface area contributed by atoms with E-state index in [1.54, 1.807) is 0 Å². The monoisotopic (exact) mass is 104 g/mol. The van der Waals surface area contributed by atoms with Crippen LogP contribution in [0.4, 0.5) is 0 Å². The van der Waals surface area contributed by atoms with E-state index in [4.69, 9.17) is 7.85 Å². The van der Waals surface area contributed by atoms with Crippen LogP contribution in [0.3, 0.4) is 0 Å². The third kappa shape index (κ3) is 24.1. The van der Waals surface area contributed by atoms with Crippen molar-refractivity contribution in [2.24, 2.45) is 0 Å². The van der Waals surface area contributed by atoms with Gasteiger partial charge in [0.15, 0.2) is 0 Å². The normalized spacial score (nSPS) is 5.86. The molecule has 0 aromatic heterocycles. The van der Waals surface area contributed by atoms with Crippen LogP contribution in [0.15, 0.2) is 0 Å². The van der Waals surface area contributed by atoms with E-state index < -0.39 is 0 Å². The molecule has 0 fully saturated rings. The zero-order valence-electron chi connectivity index (χ0n) is 4.70. The quantitative estimate of drug-likeness (QED) is 0.432. The Morgan fingerprint density at radius 1 is 1.29 bits per heavy atom. The van der Waals surface area contributed by atoms with Gasteiger partial charge in [0.05, 0.1) is 7.85 Å². The minimum atomic E-state index is 0. The lowest BCUT2D eigenvalue weighted by Crippen LogP contribution is -1.63. The Morgan fingerprint density at radius 3 is 1.71 bits per heavy atom. The van der Waals surface area contributed by atoms with Crippen LogP contribution in [-0.2, 0) is 0 Å². The highest BCUT2D eigenvalue weighted by atomic mass is 16.0. The summed E-state index contributed by atoms with van der Waals surface area (Å²) in [6.07, 6.45) is 3.23. The van der Waals surface area contributed by atoms with Gasteiger partial charge < -0.3 is 11.0 Å². The summed E-state index contributed by atoms with van der Waals surface area (Å²) in [5, 5.41) is 0. The Kier molecular flexibility index (Phi) is 37.6. The smallest absolute Gasteiger partial charge is 0.0652 e. The molecule has 0 aromatic rings. The summed E-state index contributed by atoms with van der Waals surface area (Å²) in [4.78, 5) is 0. The molecule has 7 heavy (non-hydrogen) atoms. The lowest BCUT2D eigenvalue weighted by molar-refractivity contribution is 0.823. The SMILES string of the molecule is O.O.[B]CCCC. The third-order valence-electron chi connectivity index (χ3n) is 0.558. The maximum absolute atomic E-state index is 5.14. The van der Waals surface area contributed by atoms with Crippen molar-refractivity contribution < 1.29 is 11.0 Å². The fourth-order valence-corrected chi connectivity index (χ4v) is 0.204. The van der Waals surface area contributed by atoms with Crippen molar-refractivity contribution in [2.75, 3.05) is 0 Å². The highest BCUT2D eigenvalue weighted by Gasteiger charge is 1.68. The molecule has 0 unspecified atom stereocenters. The lowest BCUT2D eigenvalue weighted by Gasteiger charge is -1.79. The van der Waals surface area contributed by atoms with Gasteiger partial charge in [-0.3, -0.25) is 0 Å². The molecule has 44 valence electrons. The molecule has 0 bridgehead atoms. The first-order valence-electron chi connectivity index (χ1n) is 2.12. The third-order valence-corrected chi connectivity index (χ3v) is 0.558. The molecule has 0 aliphatic heterocycles. The maximum Gasteiger partial charge on any atom is 0.0652 e. The van der Waals surface area contributed by atoms with E-state index in [-0.39, 0.29) is 11.0 Å². The molecule has 2 radical (unpaired) electrons. The van der Waals surface area contributed by atoms with Gasteiger partial charge in [0.1, 0.15) is 0 Å². The molecule has 0 spiro atoms. The maximum atomic E-state index is 5.14. The van der Waals surface area contributed by atoms with E-state index >= 15 is 0 Å². The van der Waals surface area contributed by atoms with Crippen LogP contribution in [0.5, 0.6) is 0 Å². The molecule has 0 saturated carbocycles. The zero-order valence-corrected chi connectivity index (χ0v) is 4.70. The van der Waals surface area contributed by atoms with E-state index in [1.165, 1.54) is 12.8 Å².